The maximum absolute atomic E-state index is 13.1. The van der Waals surface area contributed by atoms with E-state index in [1.807, 2.05) is 12.1 Å². The van der Waals surface area contributed by atoms with Gasteiger partial charge in [-0.25, -0.2) is 22.8 Å². The normalized spacial score (nSPS) is 14.2. The minimum absolute atomic E-state index is 0. The van der Waals surface area contributed by atoms with Crippen LogP contribution < -0.4 is 43.1 Å². The van der Waals surface area contributed by atoms with E-state index in [0.717, 1.165) is 49.2 Å². The van der Waals surface area contributed by atoms with Gasteiger partial charge in [0.15, 0.2) is 55.2 Å². The van der Waals surface area contributed by atoms with Gasteiger partial charge in [0.1, 0.15) is 51.5 Å². The second kappa shape index (κ2) is 58.4. The van der Waals surface area contributed by atoms with Crippen molar-refractivity contribution in [2.45, 2.75) is 64.3 Å². The van der Waals surface area contributed by atoms with Gasteiger partial charge in [0.05, 0.1) is 111 Å². The van der Waals surface area contributed by atoms with Crippen LogP contribution in [0.2, 0.25) is 25.1 Å². The maximum Gasteiger partial charge on any atom is 1.00 e. The third-order valence-corrected chi connectivity index (χ3v) is 20.8. The van der Waals surface area contributed by atoms with Gasteiger partial charge in [0.2, 0.25) is 0 Å². The van der Waals surface area contributed by atoms with E-state index < -0.39 is 18.5 Å². The summed E-state index contributed by atoms with van der Waals surface area (Å²) in [5.74, 6) is 1.78. The fourth-order valence-electron chi connectivity index (χ4n) is 12.7. The van der Waals surface area contributed by atoms with E-state index >= 15 is 0 Å². The van der Waals surface area contributed by atoms with Crippen molar-refractivity contribution in [2.24, 2.45) is 0 Å². The zero-order chi connectivity index (χ0) is 93.2. The number of carbonyl (C=O) groups excluding carboxylic acids is 4. The van der Waals surface area contributed by atoms with Crippen LogP contribution in [-0.4, -0.2) is 204 Å². The number of aromatic nitrogens is 5. The minimum Gasteiger partial charge on any atom is -0.870 e. The number of halogens is 9. The molecule has 8 heterocycles. The molecule has 134 heavy (non-hydrogen) atoms. The van der Waals surface area contributed by atoms with Crippen LogP contribution in [0.25, 0.3) is 56.6 Å². The van der Waals surface area contributed by atoms with E-state index in [1.165, 1.54) is 87.7 Å². The van der Waals surface area contributed by atoms with Gasteiger partial charge in [-0.15, -0.1) is 0 Å². The molecule has 3 saturated heterocycles. The van der Waals surface area contributed by atoms with Gasteiger partial charge < -0.3 is 96.1 Å². The second-order valence-corrected chi connectivity index (χ2v) is 31.0. The number of aromatic hydroxyl groups is 1. The fraction of sp³-hybridized carbons (Fsp3) is 0.277. The fourth-order valence-corrected chi connectivity index (χ4v) is 13.8. The number of phenolic OH excluding ortho intramolecular Hbond substituents is 1. The molecule has 3 aliphatic rings. The van der Waals surface area contributed by atoms with E-state index in [2.05, 4.69) is 56.5 Å². The molecule has 0 bridgehead atoms. The molecule has 0 aliphatic carbocycles. The number of hydrogen-bond acceptors (Lipinski definition) is 27. The summed E-state index contributed by atoms with van der Waals surface area (Å²) in [6, 6.07) is 52.7. The number of benzene rings is 8. The summed E-state index contributed by atoms with van der Waals surface area (Å²) in [5.41, 5.74) is 6.18. The van der Waals surface area contributed by atoms with Gasteiger partial charge in [-0.05, 0) is 189 Å². The summed E-state index contributed by atoms with van der Waals surface area (Å²) in [6.07, 6.45) is 12.5. The number of amides is 2. The van der Waals surface area contributed by atoms with Crippen LogP contribution in [0.5, 0.6) is 28.7 Å². The number of aliphatic carboxylic acids is 1. The molecule has 40 heteroatoms. The first-order valence-electron chi connectivity index (χ1n) is 40.5. The van der Waals surface area contributed by atoms with Crippen molar-refractivity contribution in [1.82, 2.24) is 40.9 Å². The molecule has 8 aromatic carbocycles. The number of ether oxygens (including phenoxy) is 9. The smallest absolute Gasteiger partial charge is 0.870 e. The Labute approximate surface area is 814 Å². The Bertz CT molecular complexity index is 5480. The Kier molecular flexibility index (Phi) is 47.7. The number of esters is 2. The second-order valence-electron chi connectivity index (χ2n) is 28.3. The molecule has 16 rings (SSSR count). The van der Waals surface area contributed by atoms with Crippen LogP contribution in [0.3, 0.4) is 0 Å². The summed E-state index contributed by atoms with van der Waals surface area (Å²) < 4.78 is 112. The van der Waals surface area contributed by atoms with E-state index in [4.69, 9.17) is 119 Å². The topological polar surface area (TPSA) is 388 Å². The Morgan fingerprint density at radius 2 is 0.716 bits per heavy atom. The molecule has 3 unspecified atom stereocenters. The number of nitrogens with one attached hydrogen (secondary N) is 1. The third kappa shape index (κ3) is 36.9. The SMILES string of the molecule is C.COC(=O)CBr.COC(=O)COc1ccc(Cl)cc1-c1ccno1.Fc1ccc(CC2CCNCCO2)cc1.O=C(COc1ccc(Cl)cc1-c1ccno1)N1CCOC(Cc2ccc(F)cc2)CC1.O=C(COc1ccc(Cl)cc1-c1ccno1)N1CCOC(Cc2ccc(F)cc2)CC1.O=C(O)COc1ccc(Cl)cc1-c1ccno1.Oc1ccc(Cl)cc1-c1ccno1.[Li+].[OH-]. The van der Waals surface area contributed by atoms with Gasteiger partial charge in [-0.3, -0.25) is 14.4 Å². The van der Waals surface area contributed by atoms with Crippen molar-refractivity contribution in [1.29, 1.82) is 0 Å². The van der Waals surface area contributed by atoms with Crippen molar-refractivity contribution < 1.29 is 137 Å². The maximum atomic E-state index is 13.1. The zero-order valence-electron chi connectivity index (χ0n) is 71.9. The number of alkyl halides is 1. The Morgan fingerprint density at radius 3 is 1.03 bits per heavy atom. The molecule has 0 spiro atoms. The van der Waals surface area contributed by atoms with Gasteiger partial charge >= 0.3 is 36.8 Å². The zero-order valence-corrected chi connectivity index (χ0v) is 77.2. The van der Waals surface area contributed by atoms with Crippen molar-refractivity contribution in [3.05, 3.63) is 284 Å². The average Bonchev–Trinajstić information content (AvgIpc) is 1.57. The van der Waals surface area contributed by atoms with Gasteiger partial charge in [-0.2, -0.15) is 0 Å². The Morgan fingerprint density at radius 1 is 0.410 bits per heavy atom. The van der Waals surface area contributed by atoms with Gasteiger partial charge in [0, 0.05) is 88.2 Å². The number of carboxylic acid groups (broad SMARTS) is 1. The first-order valence-corrected chi connectivity index (χ1v) is 43.5. The van der Waals surface area contributed by atoms with Crippen LogP contribution in [0.1, 0.15) is 43.4 Å². The quantitative estimate of drug-likeness (QED) is 0.0287. The monoisotopic (exact) mass is 2000 g/mol. The number of phenols is 1. The van der Waals surface area contributed by atoms with E-state index in [1.54, 1.807) is 149 Å². The standard InChI is InChI=1S/2C23H22ClFN2O4.C12H10ClNO4.C12H16FNO.C11H8ClNO4.C9H6ClNO2.C3H5BrO2.CH4.Li.H2O/c2*24-17-3-6-21(20(14-17)22-7-9-26-31-22)30-15-23(28)27-10-8-19(29-12-11-27)13-16-1-4-18(25)5-2-16;1-16-12(15)7-17-10-3-2-8(13)6-9(10)11-4-5-14-18-11;13-11-3-1-10(2-4-11)9-12-5-6-14-7-8-15-12;12-7-1-2-9(16-6-11(14)15)8(5-7)10-3-4-13-17-10;10-6-1-2-8(12)7(5-6)9-3-4-11-13-9;1-6-3(5)2-4;;;/h2*1-7,9,14,19H,8,10-13,15H2;2-6H,7H2,1H3;1-4,12,14H,5-9H2;1-5H,6H2,(H,14,15);1-5,12H;2H2,1H3;1H4;;1H2/q;;;;;;;;+1;/p-1. The first-order chi connectivity index (χ1) is 63.5. The van der Waals surface area contributed by atoms with Crippen LogP contribution >= 0.6 is 73.9 Å². The molecular formula is C94H94BrCl5F3LiN8O22. The third-order valence-electron chi connectivity index (χ3n) is 19.2. The molecule has 2 amide bonds. The Hall–Kier alpha value is -11.7. The number of rotatable bonds is 24. The molecule has 0 radical (unpaired) electrons. The molecule has 706 valence electrons. The van der Waals surface area contributed by atoms with Gasteiger partial charge in [0.25, 0.3) is 11.8 Å². The van der Waals surface area contributed by atoms with Crippen LogP contribution in [0.4, 0.5) is 13.2 Å². The summed E-state index contributed by atoms with van der Waals surface area (Å²) in [6.45, 7) is 4.92. The van der Waals surface area contributed by atoms with E-state index in [-0.39, 0.29) is 116 Å². The number of carboxylic acids is 1. The molecule has 0 saturated carbocycles. The minimum atomic E-state index is -1.05. The molecular weight excluding hydrogens is 1910 g/mol. The number of nitrogens with zero attached hydrogens (tertiary/aromatic N) is 7. The van der Waals surface area contributed by atoms with Gasteiger partial charge in [-0.1, -0.05) is 144 Å². The molecule has 4 N–H and O–H groups in total. The number of hydrogen-bond donors (Lipinski definition) is 3. The molecule has 3 atom stereocenters. The van der Waals surface area contributed by atoms with Crippen molar-refractivity contribution in [2.75, 3.05) is 105 Å². The van der Waals surface area contributed by atoms with Crippen molar-refractivity contribution in [3.63, 3.8) is 0 Å². The molecule has 13 aromatic rings. The van der Waals surface area contributed by atoms with Crippen molar-refractivity contribution >= 4 is 104 Å². The largest absolute Gasteiger partial charge is 1.00 e. The van der Waals surface area contributed by atoms with Crippen LogP contribution in [-0.2, 0) is 66.9 Å². The van der Waals surface area contributed by atoms with E-state index in [0.29, 0.717) is 170 Å². The molecule has 30 nitrogen and oxygen atoms in total. The predicted octanol–water partition coefficient (Wildman–Crippen LogP) is 16.2. The molecule has 3 aliphatic heterocycles. The number of methoxy groups -OCH3 is 2. The summed E-state index contributed by atoms with van der Waals surface area (Å²) in [5, 5.41) is 42.4. The van der Waals surface area contributed by atoms with Crippen LogP contribution in [0.15, 0.2) is 248 Å². The molecule has 3 fully saturated rings. The summed E-state index contributed by atoms with van der Waals surface area (Å²) >= 11 is 32.6. The van der Waals surface area contributed by atoms with Crippen molar-refractivity contribution in [3.8, 4) is 85.4 Å². The molecule has 5 aromatic heterocycles. The predicted molar refractivity (Wildman–Crippen MR) is 492 cm³/mol. The first kappa shape index (κ1) is 109. The number of carbonyl (C=O) groups is 5. The summed E-state index contributed by atoms with van der Waals surface area (Å²) in [4.78, 5) is 60.4. The average molecular weight is 2010 g/mol. The summed E-state index contributed by atoms with van der Waals surface area (Å²) in [7, 11) is 2.65. The van der Waals surface area contributed by atoms with E-state index in [9.17, 15) is 42.3 Å². The van der Waals surface area contributed by atoms with Crippen LogP contribution in [0, 0.1) is 17.5 Å². The Balaban J connectivity index is 0.000000222.